The number of amides is 1. The molecule has 1 aromatic carbocycles. The molecule has 0 saturated carbocycles. The zero-order chi connectivity index (χ0) is 15.9. The Labute approximate surface area is 126 Å². The Hall–Kier alpha value is -1.21. The lowest BCUT2D eigenvalue weighted by molar-refractivity contribution is -0.161. The Kier molecular flexibility index (Phi) is 7.04. The number of rotatable bonds is 7. The number of hydrogen-bond acceptors (Lipinski definition) is 3. The maximum absolute atomic E-state index is 12.3. The Morgan fingerprint density at radius 1 is 1.29 bits per heavy atom. The van der Waals surface area contributed by atoms with Crippen LogP contribution in [-0.4, -0.2) is 47.5 Å². The van der Waals surface area contributed by atoms with E-state index < -0.39 is 25.2 Å². The van der Waals surface area contributed by atoms with Crippen molar-refractivity contribution >= 4 is 17.7 Å². The van der Waals surface area contributed by atoms with Crippen molar-refractivity contribution in [3.8, 4) is 0 Å². The maximum Gasteiger partial charge on any atom is 0.406 e. The molecule has 1 rings (SSSR count). The molecule has 0 aliphatic rings. The molecule has 0 aliphatic carbocycles. The molecule has 1 N–H and O–H groups in total. The van der Waals surface area contributed by atoms with Gasteiger partial charge in [0.2, 0.25) is 5.91 Å². The lowest BCUT2D eigenvalue weighted by Gasteiger charge is -2.23. The van der Waals surface area contributed by atoms with Gasteiger partial charge in [0, 0.05) is 23.6 Å². The summed E-state index contributed by atoms with van der Waals surface area (Å²) in [6, 6.07) is 7.69. The van der Waals surface area contributed by atoms with E-state index >= 15 is 0 Å². The van der Waals surface area contributed by atoms with Gasteiger partial charge in [-0.1, -0.05) is 17.7 Å². The third-order valence-electron chi connectivity index (χ3n) is 2.70. The van der Waals surface area contributed by atoms with Gasteiger partial charge >= 0.3 is 6.18 Å². The fraction of sp³-hybridized carbons (Fsp3) is 0.500. The summed E-state index contributed by atoms with van der Waals surface area (Å²) in [5.74, 6) is -0.192. The lowest BCUT2D eigenvalue weighted by atomic mass is 10.2. The van der Waals surface area contributed by atoms with E-state index in [1.54, 1.807) is 0 Å². The van der Waals surface area contributed by atoms with Crippen LogP contribution in [0.2, 0.25) is 0 Å². The number of alkyl halides is 3. The van der Waals surface area contributed by atoms with Crippen LogP contribution in [0.15, 0.2) is 29.2 Å². The summed E-state index contributed by atoms with van der Waals surface area (Å²) in [6.45, 7) is -0.135. The first kappa shape index (κ1) is 17.8. The van der Waals surface area contributed by atoms with E-state index in [2.05, 4.69) is 0 Å². The SMILES string of the molecule is Cc1ccc(SCCC(=O)N(CCO)CC(F)(F)F)cc1. The summed E-state index contributed by atoms with van der Waals surface area (Å²) in [4.78, 5) is 13.4. The predicted octanol–water partition coefficient (Wildman–Crippen LogP) is 2.86. The van der Waals surface area contributed by atoms with Crippen LogP contribution in [-0.2, 0) is 4.79 Å². The first-order valence-corrected chi connectivity index (χ1v) is 7.45. The Bertz CT molecular complexity index is 449. The Morgan fingerprint density at radius 2 is 1.90 bits per heavy atom. The summed E-state index contributed by atoms with van der Waals surface area (Å²) in [5, 5.41) is 8.75. The van der Waals surface area contributed by atoms with Gasteiger partial charge in [-0.3, -0.25) is 4.79 Å². The van der Waals surface area contributed by atoms with Crippen molar-refractivity contribution in [2.24, 2.45) is 0 Å². The highest BCUT2D eigenvalue weighted by Crippen LogP contribution is 2.21. The van der Waals surface area contributed by atoms with Gasteiger partial charge < -0.3 is 10.0 Å². The summed E-state index contributed by atoms with van der Waals surface area (Å²) in [5.41, 5.74) is 1.12. The van der Waals surface area contributed by atoms with Crippen molar-refractivity contribution in [3.05, 3.63) is 29.8 Å². The largest absolute Gasteiger partial charge is 0.406 e. The number of aliphatic hydroxyl groups is 1. The molecule has 1 amide bonds. The standard InChI is InChI=1S/C14H18F3NO2S/c1-11-2-4-12(5-3-11)21-9-6-13(20)18(7-8-19)10-14(15,16)17/h2-5,19H,6-10H2,1H3. The number of aliphatic hydroxyl groups excluding tert-OH is 1. The molecule has 0 radical (unpaired) electrons. The molecule has 0 heterocycles. The molecule has 1 aromatic rings. The molecule has 0 spiro atoms. The molecule has 118 valence electrons. The average molecular weight is 321 g/mol. The minimum absolute atomic E-state index is 0.00855. The molecule has 0 fully saturated rings. The molecule has 0 unspecified atom stereocenters. The van der Waals surface area contributed by atoms with Gasteiger partial charge in [-0.2, -0.15) is 13.2 Å². The summed E-state index contributed by atoms with van der Waals surface area (Å²) < 4.78 is 37.0. The Balaban J connectivity index is 2.44. The molecule has 0 aromatic heterocycles. The van der Waals surface area contributed by atoms with Crippen molar-refractivity contribution in [3.63, 3.8) is 0 Å². The zero-order valence-electron chi connectivity index (χ0n) is 11.7. The molecule has 0 aliphatic heterocycles. The quantitative estimate of drug-likeness (QED) is 0.785. The van der Waals surface area contributed by atoms with Gasteiger partial charge in [0.1, 0.15) is 6.54 Å². The van der Waals surface area contributed by atoms with Crippen LogP contribution in [0, 0.1) is 6.92 Å². The minimum Gasteiger partial charge on any atom is -0.395 e. The first-order valence-electron chi connectivity index (χ1n) is 6.46. The number of carbonyl (C=O) groups is 1. The highest BCUT2D eigenvalue weighted by molar-refractivity contribution is 7.99. The molecular formula is C14H18F3NO2S. The van der Waals surface area contributed by atoms with E-state index in [0.29, 0.717) is 10.7 Å². The Morgan fingerprint density at radius 3 is 2.43 bits per heavy atom. The van der Waals surface area contributed by atoms with E-state index in [1.807, 2.05) is 31.2 Å². The van der Waals surface area contributed by atoms with E-state index in [1.165, 1.54) is 11.8 Å². The van der Waals surface area contributed by atoms with Crippen molar-refractivity contribution in [2.75, 3.05) is 25.4 Å². The number of thioether (sulfide) groups is 1. The minimum atomic E-state index is -4.45. The van der Waals surface area contributed by atoms with Crippen LogP contribution < -0.4 is 0 Å². The lowest BCUT2D eigenvalue weighted by Crippen LogP contribution is -2.40. The average Bonchev–Trinajstić information content (AvgIpc) is 2.39. The summed E-state index contributed by atoms with van der Waals surface area (Å²) in [6.07, 6.45) is -4.44. The highest BCUT2D eigenvalue weighted by atomic mass is 32.2. The second-order valence-corrected chi connectivity index (χ2v) is 5.73. The predicted molar refractivity (Wildman–Crippen MR) is 76.2 cm³/mol. The monoisotopic (exact) mass is 321 g/mol. The van der Waals surface area contributed by atoms with Gasteiger partial charge in [0.05, 0.1) is 6.61 Å². The highest BCUT2D eigenvalue weighted by Gasteiger charge is 2.32. The van der Waals surface area contributed by atoms with Crippen LogP contribution in [0.3, 0.4) is 0 Å². The summed E-state index contributed by atoms with van der Waals surface area (Å²) >= 11 is 1.42. The van der Waals surface area contributed by atoms with E-state index in [4.69, 9.17) is 5.11 Å². The van der Waals surface area contributed by atoms with Gasteiger partial charge in [0.15, 0.2) is 0 Å². The van der Waals surface area contributed by atoms with E-state index in [0.717, 1.165) is 10.5 Å². The number of hydrogen-bond donors (Lipinski definition) is 1. The van der Waals surface area contributed by atoms with Gasteiger partial charge in [-0.25, -0.2) is 0 Å². The molecule has 21 heavy (non-hydrogen) atoms. The number of aryl methyl sites for hydroxylation is 1. The van der Waals surface area contributed by atoms with Crippen LogP contribution in [0.25, 0.3) is 0 Å². The van der Waals surface area contributed by atoms with Crippen LogP contribution >= 0.6 is 11.8 Å². The molecule has 7 heteroatoms. The smallest absolute Gasteiger partial charge is 0.395 e. The number of nitrogens with zero attached hydrogens (tertiary/aromatic N) is 1. The second kappa shape index (κ2) is 8.29. The van der Waals surface area contributed by atoms with E-state index in [-0.39, 0.29) is 13.0 Å². The van der Waals surface area contributed by atoms with Gasteiger partial charge in [-0.15, -0.1) is 11.8 Å². The number of halogens is 3. The summed E-state index contributed by atoms with van der Waals surface area (Å²) in [7, 11) is 0. The maximum atomic E-state index is 12.3. The molecule has 0 bridgehead atoms. The van der Waals surface area contributed by atoms with Crippen LogP contribution in [0.4, 0.5) is 13.2 Å². The zero-order valence-corrected chi connectivity index (χ0v) is 12.5. The topological polar surface area (TPSA) is 40.5 Å². The molecule has 0 atom stereocenters. The van der Waals surface area contributed by atoms with Crippen LogP contribution in [0.5, 0.6) is 0 Å². The van der Waals surface area contributed by atoms with Gasteiger partial charge in [-0.05, 0) is 19.1 Å². The second-order valence-electron chi connectivity index (χ2n) is 4.57. The normalized spacial score (nSPS) is 11.5. The molecule has 3 nitrogen and oxygen atoms in total. The number of benzene rings is 1. The fourth-order valence-electron chi connectivity index (χ4n) is 1.68. The third kappa shape index (κ3) is 7.38. The number of carbonyl (C=O) groups excluding carboxylic acids is 1. The van der Waals surface area contributed by atoms with Crippen molar-refractivity contribution in [1.29, 1.82) is 0 Å². The van der Waals surface area contributed by atoms with Crippen molar-refractivity contribution in [1.82, 2.24) is 4.90 Å². The van der Waals surface area contributed by atoms with Crippen LogP contribution in [0.1, 0.15) is 12.0 Å². The van der Waals surface area contributed by atoms with Gasteiger partial charge in [0.25, 0.3) is 0 Å². The van der Waals surface area contributed by atoms with E-state index in [9.17, 15) is 18.0 Å². The fourth-order valence-corrected chi connectivity index (χ4v) is 2.52. The molecule has 0 saturated heterocycles. The molecular weight excluding hydrogens is 303 g/mol. The van der Waals surface area contributed by atoms with Crippen molar-refractivity contribution < 1.29 is 23.1 Å². The third-order valence-corrected chi connectivity index (χ3v) is 3.71. The first-order chi connectivity index (χ1) is 9.81. The van der Waals surface area contributed by atoms with Crippen molar-refractivity contribution in [2.45, 2.75) is 24.4 Å².